The van der Waals surface area contributed by atoms with Crippen LogP contribution in [-0.4, -0.2) is 13.1 Å². The minimum atomic E-state index is -0.198. The molecule has 0 bridgehead atoms. The molecule has 1 aliphatic heterocycles. The molecule has 0 radical (unpaired) electrons. The average molecular weight is 204 g/mol. The molecule has 0 N–H and O–H groups in total. The van der Waals surface area contributed by atoms with Crippen LogP contribution in [0.1, 0.15) is 12.8 Å². The third-order valence-electron chi connectivity index (χ3n) is 2.80. The summed E-state index contributed by atoms with van der Waals surface area (Å²) >= 11 is 0. The van der Waals surface area contributed by atoms with E-state index in [4.69, 9.17) is 5.26 Å². The zero-order valence-corrected chi connectivity index (χ0v) is 8.49. The Morgan fingerprint density at radius 1 is 1.40 bits per heavy atom. The molecule has 78 valence electrons. The van der Waals surface area contributed by atoms with Crippen molar-refractivity contribution in [2.45, 2.75) is 12.8 Å². The van der Waals surface area contributed by atoms with Crippen molar-refractivity contribution in [2.24, 2.45) is 5.92 Å². The lowest BCUT2D eigenvalue weighted by Crippen LogP contribution is -2.35. The molecule has 0 aromatic heterocycles. The second-order valence-corrected chi connectivity index (χ2v) is 3.87. The van der Waals surface area contributed by atoms with E-state index in [2.05, 4.69) is 6.07 Å². The first-order chi connectivity index (χ1) is 7.31. The standard InChI is InChI=1S/C12H13FN2/c13-11-5-1-2-6-12(11)15-7-3-4-10(8-14)9-15/h1-2,5-6,10H,3-4,7,9H2. The largest absolute Gasteiger partial charge is 0.368 e. The smallest absolute Gasteiger partial charge is 0.146 e. The van der Waals surface area contributed by atoms with Gasteiger partial charge in [-0.2, -0.15) is 5.26 Å². The van der Waals surface area contributed by atoms with Gasteiger partial charge >= 0.3 is 0 Å². The molecule has 0 aliphatic carbocycles. The molecule has 0 saturated carbocycles. The molecule has 1 unspecified atom stereocenters. The molecule has 15 heavy (non-hydrogen) atoms. The van der Waals surface area contributed by atoms with Crippen LogP contribution in [-0.2, 0) is 0 Å². The van der Waals surface area contributed by atoms with E-state index >= 15 is 0 Å². The number of anilines is 1. The monoisotopic (exact) mass is 204 g/mol. The van der Waals surface area contributed by atoms with Gasteiger partial charge in [0.15, 0.2) is 0 Å². The van der Waals surface area contributed by atoms with E-state index in [9.17, 15) is 4.39 Å². The molecule has 2 rings (SSSR count). The van der Waals surface area contributed by atoms with Gasteiger partial charge in [-0.05, 0) is 25.0 Å². The summed E-state index contributed by atoms with van der Waals surface area (Å²) in [5.41, 5.74) is 0.623. The van der Waals surface area contributed by atoms with E-state index < -0.39 is 0 Å². The van der Waals surface area contributed by atoms with Gasteiger partial charge in [-0.1, -0.05) is 12.1 Å². The highest BCUT2D eigenvalue weighted by Crippen LogP contribution is 2.24. The average Bonchev–Trinajstić information content (AvgIpc) is 2.30. The normalized spacial score (nSPS) is 21.1. The number of nitrogens with zero attached hydrogens (tertiary/aromatic N) is 2. The number of hydrogen-bond donors (Lipinski definition) is 0. The van der Waals surface area contributed by atoms with E-state index in [-0.39, 0.29) is 11.7 Å². The van der Waals surface area contributed by atoms with Crippen molar-refractivity contribution >= 4 is 5.69 Å². The Kier molecular flexibility index (Phi) is 2.86. The van der Waals surface area contributed by atoms with Gasteiger partial charge in [-0.15, -0.1) is 0 Å². The molecular formula is C12H13FN2. The summed E-state index contributed by atoms with van der Waals surface area (Å²) in [6.07, 6.45) is 1.90. The fourth-order valence-corrected chi connectivity index (χ4v) is 2.01. The van der Waals surface area contributed by atoms with Gasteiger partial charge in [0.05, 0.1) is 17.7 Å². The van der Waals surface area contributed by atoms with Gasteiger partial charge < -0.3 is 4.90 Å². The summed E-state index contributed by atoms with van der Waals surface area (Å²) in [6.45, 7) is 1.50. The van der Waals surface area contributed by atoms with E-state index in [1.165, 1.54) is 6.07 Å². The van der Waals surface area contributed by atoms with Crippen LogP contribution >= 0.6 is 0 Å². The van der Waals surface area contributed by atoms with Gasteiger partial charge in [-0.25, -0.2) is 4.39 Å². The molecule has 0 amide bonds. The zero-order chi connectivity index (χ0) is 10.7. The summed E-state index contributed by atoms with van der Waals surface area (Å²) < 4.78 is 13.5. The van der Waals surface area contributed by atoms with Crippen LogP contribution in [0.25, 0.3) is 0 Å². The van der Waals surface area contributed by atoms with Crippen LogP contribution in [0.3, 0.4) is 0 Å². The van der Waals surface area contributed by atoms with E-state index in [1.807, 2.05) is 11.0 Å². The topological polar surface area (TPSA) is 27.0 Å². The maximum absolute atomic E-state index is 13.5. The van der Waals surface area contributed by atoms with Crippen LogP contribution in [0.5, 0.6) is 0 Å². The van der Waals surface area contributed by atoms with Gasteiger partial charge in [0, 0.05) is 13.1 Å². The zero-order valence-electron chi connectivity index (χ0n) is 8.49. The molecule has 1 heterocycles. The Morgan fingerprint density at radius 2 is 2.20 bits per heavy atom. The first-order valence-corrected chi connectivity index (χ1v) is 5.20. The number of benzene rings is 1. The summed E-state index contributed by atoms with van der Waals surface area (Å²) in [4.78, 5) is 1.96. The predicted molar refractivity (Wildman–Crippen MR) is 57.0 cm³/mol. The highest BCUT2D eigenvalue weighted by molar-refractivity contribution is 5.48. The SMILES string of the molecule is N#CC1CCCN(c2ccccc2F)C1. The maximum atomic E-state index is 13.5. The van der Waals surface area contributed by atoms with Crippen molar-refractivity contribution in [2.75, 3.05) is 18.0 Å². The lowest BCUT2D eigenvalue weighted by atomic mass is 9.99. The van der Waals surface area contributed by atoms with Crippen LogP contribution in [0, 0.1) is 23.1 Å². The molecule has 1 aliphatic rings. The van der Waals surface area contributed by atoms with Crippen LogP contribution in [0.15, 0.2) is 24.3 Å². The van der Waals surface area contributed by atoms with Crippen molar-refractivity contribution in [3.8, 4) is 6.07 Å². The number of halogens is 1. The van der Waals surface area contributed by atoms with Crippen LogP contribution < -0.4 is 4.90 Å². The fourth-order valence-electron chi connectivity index (χ4n) is 2.01. The van der Waals surface area contributed by atoms with Gasteiger partial charge in [0.25, 0.3) is 0 Å². The third-order valence-corrected chi connectivity index (χ3v) is 2.80. The molecule has 1 aromatic rings. The van der Waals surface area contributed by atoms with Crippen molar-refractivity contribution in [3.05, 3.63) is 30.1 Å². The first kappa shape index (κ1) is 9.97. The highest BCUT2D eigenvalue weighted by Gasteiger charge is 2.21. The maximum Gasteiger partial charge on any atom is 0.146 e. The Bertz CT molecular complexity index is 383. The molecule has 1 fully saturated rings. The minimum absolute atomic E-state index is 0.0401. The summed E-state index contributed by atoms with van der Waals surface area (Å²) in [6, 6.07) is 9.01. The molecule has 1 aromatic carbocycles. The first-order valence-electron chi connectivity index (χ1n) is 5.20. The van der Waals surface area contributed by atoms with Crippen molar-refractivity contribution in [3.63, 3.8) is 0 Å². The lowest BCUT2D eigenvalue weighted by molar-refractivity contribution is 0.486. The molecule has 0 spiro atoms. The van der Waals surface area contributed by atoms with Crippen molar-refractivity contribution < 1.29 is 4.39 Å². The second kappa shape index (κ2) is 4.31. The van der Waals surface area contributed by atoms with Crippen LogP contribution in [0.4, 0.5) is 10.1 Å². The van der Waals surface area contributed by atoms with E-state index in [0.29, 0.717) is 12.2 Å². The van der Waals surface area contributed by atoms with Gasteiger partial charge in [-0.3, -0.25) is 0 Å². The molecule has 2 nitrogen and oxygen atoms in total. The Balaban J connectivity index is 2.18. The van der Waals surface area contributed by atoms with Crippen molar-refractivity contribution in [1.82, 2.24) is 0 Å². The van der Waals surface area contributed by atoms with Gasteiger partial charge in [0.2, 0.25) is 0 Å². The minimum Gasteiger partial charge on any atom is -0.368 e. The Hall–Kier alpha value is -1.56. The molecule has 1 atom stereocenters. The lowest BCUT2D eigenvalue weighted by Gasteiger charge is -2.31. The highest BCUT2D eigenvalue weighted by atomic mass is 19.1. The number of para-hydroxylation sites is 1. The number of rotatable bonds is 1. The summed E-state index contributed by atoms with van der Waals surface area (Å²) in [5, 5.41) is 8.85. The summed E-state index contributed by atoms with van der Waals surface area (Å²) in [7, 11) is 0. The number of nitriles is 1. The molecule has 3 heteroatoms. The fraction of sp³-hybridized carbons (Fsp3) is 0.417. The molecular weight excluding hydrogens is 191 g/mol. The van der Waals surface area contributed by atoms with E-state index in [1.54, 1.807) is 12.1 Å². The number of piperidine rings is 1. The quantitative estimate of drug-likeness (QED) is 0.703. The Morgan fingerprint density at radius 3 is 2.93 bits per heavy atom. The summed E-state index contributed by atoms with van der Waals surface area (Å²) in [5.74, 6) is -0.158. The number of hydrogen-bond acceptors (Lipinski definition) is 2. The van der Waals surface area contributed by atoms with Gasteiger partial charge in [0.1, 0.15) is 5.82 Å². The predicted octanol–water partition coefficient (Wildman–Crippen LogP) is 2.57. The van der Waals surface area contributed by atoms with Crippen molar-refractivity contribution in [1.29, 1.82) is 5.26 Å². The van der Waals surface area contributed by atoms with E-state index in [0.717, 1.165) is 19.4 Å². The molecule has 1 saturated heterocycles. The third kappa shape index (κ3) is 2.10. The van der Waals surface area contributed by atoms with Crippen LogP contribution in [0.2, 0.25) is 0 Å². The second-order valence-electron chi connectivity index (χ2n) is 3.87. The Labute approximate surface area is 88.9 Å².